The first-order valence-corrected chi connectivity index (χ1v) is 7.99. The van der Waals surface area contributed by atoms with Gasteiger partial charge in [-0.3, -0.25) is 0 Å². The molecule has 0 fully saturated rings. The van der Waals surface area contributed by atoms with Crippen LogP contribution < -0.4 is 16.6 Å². The second kappa shape index (κ2) is 5.70. The van der Waals surface area contributed by atoms with E-state index in [1.807, 2.05) is 0 Å². The topological polar surface area (TPSA) is 97.1 Å². The predicted octanol–water partition coefficient (Wildman–Crippen LogP) is 1.91. The van der Waals surface area contributed by atoms with E-state index in [0.29, 0.717) is 5.82 Å². The molecule has 0 aliphatic rings. The number of nitrogen functional groups attached to an aromatic ring is 1. The van der Waals surface area contributed by atoms with Crippen molar-refractivity contribution in [1.29, 1.82) is 0 Å². The Morgan fingerprint density at radius 2 is 1.84 bits per heavy atom. The number of rotatable bonds is 5. The Labute approximate surface area is 122 Å². The van der Waals surface area contributed by atoms with Crippen LogP contribution in [-0.2, 0) is 9.84 Å². The summed E-state index contributed by atoms with van der Waals surface area (Å²) in [6, 6.07) is 1.47. The average Bonchev–Trinajstić information content (AvgIpc) is 2.26. The van der Waals surface area contributed by atoms with Crippen LogP contribution in [0.2, 0.25) is 10.0 Å². The first-order valence-electron chi connectivity index (χ1n) is 5.34. The lowest BCUT2D eigenvalue weighted by Crippen LogP contribution is -2.38. The summed E-state index contributed by atoms with van der Waals surface area (Å²) in [5.74, 6) is 5.83. The van der Waals surface area contributed by atoms with Crippen LogP contribution in [0, 0.1) is 0 Å². The molecule has 1 heterocycles. The van der Waals surface area contributed by atoms with E-state index >= 15 is 0 Å². The maximum atomic E-state index is 11.6. The highest BCUT2D eigenvalue weighted by Crippen LogP contribution is 2.29. The number of hydrazine groups is 1. The lowest BCUT2D eigenvalue weighted by Gasteiger charge is -2.23. The number of hydrogen-bond donors (Lipinski definition) is 3. The zero-order valence-electron chi connectivity index (χ0n) is 10.8. The second-order valence-electron chi connectivity index (χ2n) is 4.68. The fourth-order valence-corrected chi connectivity index (χ4v) is 1.93. The lowest BCUT2D eigenvalue weighted by atomic mass is 10.2. The Balaban J connectivity index is 2.96. The molecular formula is C10H16Cl2N4O2S. The highest BCUT2D eigenvalue weighted by molar-refractivity contribution is 7.92. The summed E-state index contributed by atoms with van der Waals surface area (Å²) < 4.78 is 22.2. The van der Waals surface area contributed by atoms with Gasteiger partial charge in [0, 0.05) is 12.8 Å². The molecule has 0 saturated heterocycles. The molecule has 0 amide bonds. The molecule has 4 N–H and O–H groups in total. The van der Waals surface area contributed by atoms with Crippen LogP contribution in [0.3, 0.4) is 0 Å². The highest BCUT2D eigenvalue weighted by atomic mass is 35.5. The van der Waals surface area contributed by atoms with Crippen molar-refractivity contribution < 1.29 is 8.42 Å². The van der Waals surface area contributed by atoms with Gasteiger partial charge in [-0.05, 0) is 19.9 Å². The van der Waals surface area contributed by atoms with Crippen molar-refractivity contribution in [3.63, 3.8) is 0 Å². The van der Waals surface area contributed by atoms with Crippen LogP contribution in [0.1, 0.15) is 13.8 Å². The molecule has 0 bridgehead atoms. The van der Waals surface area contributed by atoms with Gasteiger partial charge < -0.3 is 10.7 Å². The lowest BCUT2D eigenvalue weighted by molar-refractivity contribution is 0.559. The van der Waals surface area contributed by atoms with Crippen molar-refractivity contribution in [3.8, 4) is 0 Å². The molecule has 0 unspecified atom stereocenters. The molecule has 19 heavy (non-hydrogen) atoms. The third-order valence-corrected chi connectivity index (χ3v) is 5.48. The van der Waals surface area contributed by atoms with Crippen LogP contribution >= 0.6 is 23.2 Å². The minimum absolute atomic E-state index is 0.157. The molecule has 1 aromatic heterocycles. The van der Waals surface area contributed by atoms with Crippen LogP contribution in [0.25, 0.3) is 0 Å². The van der Waals surface area contributed by atoms with Gasteiger partial charge >= 0.3 is 0 Å². The van der Waals surface area contributed by atoms with E-state index in [2.05, 4.69) is 15.7 Å². The number of aromatic nitrogens is 1. The fraction of sp³-hybridized carbons (Fsp3) is 0.500. The molecule has 0 aliphatic heterocycles. The van der Waals surface area contributed by atoms with E-state index in [9.17, 15) is 8.42 Å². The summed E-state index contributed by atoms with van der Waals surface area (Å²) in [6.45, 7) is 3.38. The minimum atomic E-state index is -3.21. The Bertz CT molecular complexity index is 575. The molecule has 0 spiro atoms. The van der Waals surface area contributed by atoms with Crippen molar-refractivity contribution in [2.45, 2.75) is 18.6 Å². The summed E-state index contributed by atoms with van der Waals surface area (Å²) in [7, 11) is -3.21. The molecule has 9 heteroatoms. The van der Waals surface area contributed by atoms with Crippen molar-refractivity contribution in [3.05, 3.63) is 16.1 Å². The summed E-state index contributed by atoms with van der Waals surface area (Å²) in [5.41, 5.74) is 2.33. The normalized spacial score (nSPS) is 12.3. The Kier molecular flexibility index (Phi) is 4.89. The van der Waals surface area contributed by atoms with Gasteiger partial charge in [0.2, 0.25) is 0 Å². The molecular weight excluding hydrogens is 311 g/mol. The molecule has 0 radical (unpaired) electrons. The van der Waals surface area contributed by atoms with E-state index in [-0.39, 0.29) is 22.4 Å². The number of sulfone groups is 1. The summed E-state index contributed by atoms with van der Waals surface area (Å²) in [4.78, 5) is 4.07. The third kappa shape index (κ3) is 3.85. The summed E-state index contributed by atoms with van der Waals surface area (Å²) in [6.07, 6.45) is 1.18. The molecule has 108 valence electrons. The van der Waals surface area contributed by atoms with E-state index in [4.69, 9.17) is 29.0 Å². The van der Waals surface area contributed by atoms with Crippen LogP contribution in [0.15, 0.2) is 6.07 Å². The van der Waals surface area contributed by atoms with Crippen LogP contribution in [0.4, 0.5) is 11.6 Å². The quantitative estimate of drug-likeness (QED) is 0.565. The summed E-state index contributed by atoms with van der Waals surface area (Å²) >= 11 is 11.8. The number of nitrogens with one attached hydrogen (secondary N) is 2. The van der Waals surface area contributed by atoms with Gasteiger partial charge in [0.25, 0.3) is 0 Å². The minimum Gasteiger partial charge on any atom is -0.367 e. The summed E-state index contributed by atoms with van der Waals surface area (Å²) in [5, 5.41) is 3.45. The van der Waals surface area contributed by atoms with E-state index in [1.54, 1.807) is 13.8 Å². The van der Waals surface area contributed by atoms with Gasteiger partial charge in [0.05, 0.1) is 14.8 Å². The fourth-order valence-electron chi connectivity index (χ4n) is 1.12. The largest absolute Gasteiger partial charge is 0.367 e. The van der Waals surface area contributed by atoms with Crippen molar-refractivity contribution >= 4 is 44.7 Å². The molecule has 0 atom stereocenters. The second-order valence-corrected chi connectivity index (χ2v) is 8.14. The number of nitrogens with two attached hydrogens (primary N) is 1. The monoisotopic (exact) mass is 326 g/mol. The first-order chi connectivity index (χ1) is 8.58. The maximum absolute atomic E-state index is 11.6. The Morgan fingerprint density at radius 3 is 2.32 bits per heavy atom. The SMILES string of the molecule is CC(C)(CNc1nc(NN)c(Cl)cc1Cl)S(C)(=O)=O. The van der Waals surface area contributed by atoms with Gasteiger partial charge in [-0.15, -0.1) is 0 Å². The average molecular weight is 327 g/mol. The molecule has 1 rings (SSSR count). The van der Waals surface area contributed by atoms with E-state index < -0.39 is 14.6 Å². The number of nitrogens with zero attached hydrogens (tertiary/aromatic N) is 1. The van der Waals surface area contributed by atoms with Crippen LogP contribution in [-0.4, -0.2) is 30.9 Å². The van der Waals surface area contributed by atoms with Gasteiger partial charge in [0.1, 0.15) is 5.82 Å². The van der Waals surface area contributed by atoms with Gasteiger partial charge in [0.15, 0.2) is 15.7 Å². The van der Waals surface area contributed by atoms with Gasteiger partial charge in [-0.1, -0.05) is 23.2 Å². The molecule has 1 aromatic rings. The zero-order chi connectivity index (χ0) is 14.8. The molecule has 6 nitrogen and oxygen atoms in total. The van der Waals surface area contributed by atoms with E-state index in [1.165, 1.54) is 12.3 Å². The number of halogens is 2. The smallest absolute Gasteiger partial charge is 0.161 e. The van der Waals surface area contributed by atoms with Gasteiger partial charge in [-0.25, -0.2) is 19.2 Å². The van der Waals surface area contributed by atoms with Crippen molar-refractivity contribution in [2.75, 3.05) is 23.5 Å². The van der Waals surface area contributed by atoms with E-state index in [0.717, 1.165) is 0 Å². The number of anilines is 2. The van der Waals surface area contributed by atoms with Crippen LogP contribution in [0.5, 0.6) is 0 Å². The molecule has 0 aliphatic carbocycles. The Hall–Kier alpha value is -0.760. The van der Waals surface area contributed by atoms with Gasteiger partial charge in [-0.2, -0.15) is 0 Å². The highest BCUT2D eigenvalue weighted by Gasteiger charge is 2.30. The predicted molar refractivity (Wildman–Crippen MR) is 79.5 cm³/mol. The zero-order valence-corrected chi connectivity index (χ0v) is 13.1. The number of pyridine rings is 1. The number of hydrogen-bond acceptors (Lipinski definition) is 6. The van der Waals surface area contributed by atoms with Crippen molar-refractivity contribution in [2.24, 2.45) is 5.84 Å². The third-order valence-electron chi connectivity index (χ3n) is 2.75. The molecule has 0 aromatic carbocycles. The standard InChI is InChI=1S/C10H16Cl2N4O2S/c1-10(2,19(3,17)18)5-14-8-6(11)4-7(12)9(15-8)16-13/h4H,5,13H2,1-3H3,(H2,14,15,16). The molecule has 0 saturated carbocycles. The Morgan fingerprint density at radius 1 is 1.32 bits per heavy atom. The van der Waals surface area contributed by atoms with Crippen molar-refractivity contribution in [1.82, 2.24) is 4.98 Å². The maximum Gasteiger partial charge on any atom is 0.161 e. The first kappa shape index (κ1) is 16.3.